The zero-order valence-corrected chi connectivity index (χ0v) is 10.5. The highest BCUT2D eigenvalue weighted by molar-refractivity contribution is 6.30. The van der Waals surface area contributed by atoms with E-state index in [9.17, 15) is 0 Å². The number of rotatable bonds is 7. The fourth-order valence-corrected chi connectivity index (χ4v) is 1.83. The molecule has 0 aromatic carbocycles. The van der Waals surface area contributed by atoms with Gasteiger partial charge in [-0.3, -0.25) is 0 Å². The smallest absolute Gasteiger partial charge is 0.125 e. The van der Waals surface area contributed by atoms with Crippen molar-refractivity contribution in [2.24, 2.45) is 11.7 Å². The molecule has 1 rings (SSSR count). The van der Waals surface area contributed by atoms with Crippen LogP contribution in [0.15, 0.2) is 18.3 Å². The molecular formula is C12H20ClN3. The zero-order chi connectivity index (χ0) is 11.8. The maximum Gasteiger partial charge on any atom is 0.125 e. The number of hydrogen-bond donors (Lipinski definition) is 2. The molecule has 90 valence electrons. The monoisotopic (exact) mass is 241 g/mol. The van der Waals surface area contributed by atoms with Crippen LogP contribution in [0.3, 0.4) is 0 Å². The molecule has 0 fully saturated rings. The molecule has 1 aromatic rings. The topological polar surface area (TPSA) is 50.9 Å². The molecule has 1 atom stereocenters. The van der Waals surface area contributed by atoms with Crippen LogP contribution in [-0.4, -0.2) is 18.1 Å². The lowest BCUT2D eigenvalue weighted by molar-refractivity contribution is 0.473. The molecule has 4 heteroatoms. The van der Waals surface area contributed by atoms with Crippen LogP contribution >= 0.6 is 11.6 Å². The van der Waals surface area contributed by atoms with Crippen LogP contribution < -0.4 is 11.1 Å². The van der Waals surface area contributed by atoms with Gasteiger partial charge >= 0.3 is 0 Å². The Labute approximate surface area is 102 Å². The third-order valence-corrected chi connectivity index (χ3v) is 2.79. The molecule has 0 spiro atoms. The molecule has 1 aromatic heterocycles. The van der Waals surface area contributed by atoms with Gasteiger partial charge in [-0.15, -0.1) is 0 Å². The van der Waals surface area contributed by atoms with Gasteiger partial charge in [-0.05, 0) is 37.4 Å². The van der Waals surface area contributed by atoms with Crippen molar-refractivity contribution in [3.05, 3.63) is 23.4 Å². The molecule has 0 saturated carbocycles. The van der Waals surface area contributed by atoms with Gasteiger partial charge in [-0.25, -0.2) is 4.98 Å². The molecule has 3 nitrogen and oxygen atoms in total. The molecule has 0 amide bonds. The summed E-state index contributed by atoms with van der Waals surface area (Å²) in [6.07, 6.45) is 5.12. The predicted octanol–water partition coefficient (Wildman–Crippen LogP) is 2.91. The van der Waals surface area contributed by atoms with Crippen LogP contribution in [0.4, 0.5) is 5.82 Å². The number of nitrogens with one attached hydrogen (secondary N) is 1. The SMILES string of the molecule is CCCC(CCN)CNc1ccc(Cl)cn1. The van der Waals surface area contributed by atoms with Crippen molar-refractivity contribution < 1.29 is 0 Å². The summed E-state index contributed by atoms with van der Waals surface area (Å²) in [5.74, 6) is 1.51. The molecule has 0 radical (unpaired) electrons. The van der Waals surface area contributed by atoms with Crippen LogP contribution in [0.1, 0.15) is 26.2 Å². The Morgan fingerprint density at radius 2 is 2.25 bits per heavy atom. The van der Waals surface area contributed by atoms with E-state index in [2.05, 4.69) is 17.2 Å². The Kier molecular flexibility index (Phi) is 6.19. The van der Waals surface area contributed by atoms with Gasteiger partial charge in [-0.2, -0.15) is 0 Å². The second kappa shape index (κ2) is 7.47. The quantitative estimate of drug-likeness (QED) is 0.772. The largest absolute Gasteiger partial charge is 0.370 e. The average molecular weight is 242 g/mol. The summed E-state index contributed by atoms with van der Waals surface area (Å²) in [5.41, 5.74) is 5.59. The first-order valence-electron chi connectivity index (χ1n) is 5.81. The fourth-order valence-electron chi connectivity index (χ4n) is 1.72. The van der Waals surface area contributed by atoms with Crippen LogP contribution in [0, 0.1) is 5.92 Å². The molecular weight excluding hydrogens is 222 g/mol. The van der Waals surface area contributed by atoms with E-state index in [4.69, 9.17) is 17.3 Å². The van der Waals surface area contributed by atoms with E-state index in [-0.39, 0.29) is 0 Å². The van der Waals surface area contributed by atoms with Crippen LogP contribution in [0.5, 0.6) is 0 Å². The third kappa shape index (κ3) is 4.81. The van der Waals surface area contributed by atoms with Gasteiger partial charge in [0.2, 0.25) is 0 Å². The molecule has 0 aliphatic carbocycles. The first kappa shape index (κ1) is 13.3. The van der Waals surface area contributed by atoms with Crippen LogP contribution in [-0.2, 0) is 0 Å². The van der Waals surface area contributed by atoms with E-state index in [1.54, 1.807) is 6.20 Å². The Balaban J connectivity index is 2.38. The van der Waals surface area contributed by atoms with Crippen molar-refractivity contribution in [2.45, 2.75) is 26.2 Å². The predicted molar refractivity (Wildman–Crippen MR) is 69.8 cm³/mol. The van der Waals surface area contributed by atoms with Gasteiger partial charge in [0.05, 0.1) is 5.02 Å². The summed E-state index contributed by atoms with van der Waals surface area (Å²) in [5, 5.41) is 3.98. The van der Waals surface area contributed by atoms with Crippen LogP contribution in [0.25, 0.3) is 0 Å². The van der Waals surface area contributed by atoms with Gasteiger partial charge < -0.3 is 11.1 Å². The Hall–Kier alpha value is -0.800. The highest BCUT2D eigenvalue weighted by Crippen LogP contribution is 2.13. The fraction of sp³-hybridized carbons (Fsp3) is 0.583. The van der Waals surface area contributed by atoms with Crippen molar-refractivity contribution in [1.29, 1.82) is 0 Å². The lowest BCUT2D eigenvalue weighted by Crippen LogP contribution is -2.18. The third-order valence-electron chi connectivity index (χ3n) is 2.57. The van der Waals surface area contributed by atoms with Crippen molar-refractivity contribution in [3.63, 3.8) is 0 Å². The molecule has 0 bridgehead atoms. The highest BCUT2D eigenvalue weighted by atomic mass is 35.5. The van der Waals surface area contributed by atoms with Gasteiger partial charge in [-0.1, -0.05) is 24.9 Å². The average Bonchev–Trinajstić information content (AvgIpc) is 2.29. The summed E-state index contributed by atoms with van der Waals surface area (Å²) < 4.78 is 0. The van der Waals surface area contributed by atoms with E-state index in [0.29, 0.717) is 10.9 Å². The Morgan fingerprint density at radius 3 is 2.81 bits per heavy atom. The summed E-state index contributed by atoms with van der Waals surface area (Å²) in [7, 11) is 0. The minimum atomic E-state index is 0.632. The molecule has 16 heavy (non-hydrogen) atoms. The van der Waals surface area contributed by atoms with Crippen molar-refractivity contribution in [2.75, 3.05) is 18.4 Å². The van der Waals surface area contributed by atoms with Crippen molar-refractivity contribution in [3.8, 4) is 0 Å². The molecule has 1 unspecified atom stereocenters. The summed E-state index contributed by atoms with van der Waals surface area (Å²) in [6.45, 7) is 3.88. The number of anilines is 1. The minimum absolute atomic E-state index is 0.632. The second-order valence-corrected chi connectivity index (χ2v) is 4.41. The number of pyridine rings is 1. The number of nitrogens with zero attached hydrogens (tertiary/aromatic N) is 1. The van der Waals surface area contributed by atoms with Gasteiger partial charge in [0.15, 0.2) is 0 Å². The minimum Gasteiger partial charge on any atom is -0.370 e. The van der Waals surface area contributed by atoms with Gasteiger partial charge in [0, 0.05) is 12.7 Å². The molecule has 0 saturated heterocycles. The van der Waals surface area contributed by atoms with E-state index in [1.165, 1.54) is 12.8 Å². The van der Waals surface area contributed by atoms with Gasteiger partial charge in [0.25, 0.3) is 0 Å². The number of hydrogen-bond acceptors (Lipinski definition) is 3. The molecule has 3 N–H and O–H groups in total. The van der Waals surface area contributed by atoms with Gasteiger partial charge in [0.1, 0.15) is 5.82 Å². The molecule has 0 aliphatic heterocycles. The standard InChI is InChI=1S/C12H20ClN3/c1-2-3-10(6-7-14)8-15-12-5-4-11(13)9-16-12/h4-5,9-10H,2-3,6-8,14H2,1H3,(H,15,16). The van der Waals surface area contributed by atoms with Crippen molar-refractivity contribution in [1.82, 2.24) is 4.98 Å². The summed E-state index contributed by atoms with van der Waals surface area (Å²) in [6, 6.07) is 3.74. The maximum atomic E-state index is 5.77. The van der Waals surface area contributed by atoms with Crippen molar-refractivity contribution >= 4 is 17.4 Å². The molecule has 1 heterocycles. The van der Waals surface area contributed by atoms with E-state index >= 15 is 0 Å². The number of halogens is 1. The maximum absolute atomic E-state index is 5.77. The summed E-state index contributed by atoms with van der Waals surface area (Å²) in [4.78, 5) is 4.20. The second-order valence-electron chi connectivity index (χ2n) is 3.97. The first-order valence-corrected chi connectivity index (χ1v) is 6.19. The van der Waals surface area contributed by atoms with Crippen LogP contribution in [0.2, 0.25) is 5.02 Å². The Bertz CT molecular complexity index is 281. The van der Waals surface area contributed by atoms with E-state index in [0.717, 1.165) is 25.3 Å². The normalized spacial score (nSPS) is 12.4. The summed E-state index contributed by atoms with van der Waals surface area (Å²) >= 11 is 5.77. The molecule has 0 aliphatic rings. The highest BCUT2D eigenvalue weighted by Gasteiger charge is 2.06. The van der Waals surface area contributed by atoms with E-state index in [1.807, 2.05) is 12.1 Å². The number of aromatic nitrogens is 1. The Morgan fingerprint density at radius 1 is 1.44 bits per heavy atom. The first-order chi connectivity index (χ1) is 7.76. The lowest BCUT2D eigenvalue weighted by atomic mass is 10.00. The lowest BCUT2D eigenvalue weighted by Gasteiger charge is -2.16. The van der Waals surface area contributed by atoms with E-state index < -0.39 is 0 Å². The number of nitrogens with two attached hydrogens (primary N) is 1. The zero-order valence-electron chi connectivity index (χ0n) is 9.75.